The minimum Gasteiger partial charge on any atom is -0.493 e. The number of hydrogen-bond acceptors (Lipinski definition) is 6. The van der Waals surface area contributed by atoms with Crippen molar-refractivity contribution in [1.29, 1.82) is 0 Å². The number of carbonyl (C=O) groups excluding carboxylic acids is 3. The summed E-state index contributed by atoms with van der Waals surface area (Å²) in [5.74, 6) is 0.351. The van der Waals surface area contributed by atoms with Gasteiger partial charge in [0, 0.05) is 6.42 Å². The van der Waals surface area contributed by atoms with Gasteiger partial charge in [-0.2, -0.15) is 0 Å². The maximum atomic E-state index is 12.7. The molecule has 32 heavy (non-hydrogen) atoms. The van der Waals surface area contributed by atoms with Gasteiger partial charge in [-0.1, -0.05) is 36.4 Å². The highest BCUT2D eigenvalue weighted by atomic mass is 16.5. The number of rotatable bonds is 10. The first-order valence-corrected chi connectivity index (χ1v) is 10.2. The molecule has 1 aliphatic rings. The third kappa shape index (κ3) is 5.36. The van der Waals surface area contributed by atoms with E-state index >= 15 is 0 Å². The van der Waals surface area contributed by atoms with Gasteiger partial charge < -0.3 is 25.2 Å². The van der Waals surface area contributed by atoms with Crippen molar-refractivity contribution in [2.45, 2.75) is 31.5 Å². The van der Waals surface area contributed by atoms with Gasteiger partial charge in [0.1, 0.15) is 6.04 Å². The van der Waals surface area contributed by atoms with Gasteiger partial charge >= 0.3 is 6.03 Å². The van der Waals surface area contributed by atoms with Gasteiger partial charge in [-0.05, 0) is 29.7 Å². The van der Waals surface area contributed by atoms with Crippen molar-refractivity contribution >= 4 is 17.8 Å². The second kappa shape index (κ2) is 10.6. The van der Waals surface area contributed by atoms with E-state index in [1.807, 2.05) is 30.3 Å². The highest BCUT2D eigenvalue weighted by Gasteiger charge is 2.38. The van der Waals surface area contributed by atoms with Crippen molar-refractivity contribution in [3.8, 4) is 11.5 Å². The average Bonchev–Trinajstić information content (AvgIpc) is 3.09. The summed E-state index contributed by atoms with van der Waals surface area (Å²) in [7, 11) is 3.04. The molecular formula is C23H27N3O6. The van der Waals surface area contributed by atoms with Crippen LogP contribution in [0, 0.1) is 0 Å². The van der Waals surface area contributed by atoms with Crippen molar-refractivity contribution in [2.75, 3.05) is 20.8 Å². The third-order valence-electron chi connectivity index (χ3n) is 5.28. The normalized spacial score (nSPS) is 16.5. The number of methoxy groups -OCH3 is 2. The minimum absolute atomic E-state index is 0.0320. The molecule has 1 heterocycles. The number of aliphatic hydroxyl groups excluding tert-OH is 1. The number of nitrogens with zero attached hydrogens (tertiary/aromatic N) is 1. The van der Waals surface area contributed by atoms with E-state index < -0.39 is 18.1 Å². The third-order valence-corrected chi connectivity index (χ3v) is 5.28. The van der Waals surface area contributed by atoms with Crippen molar-refractivity contribution in [3.05, 3.63) is 59.7 Å². The minimum atomic E-state index is -0.780. The summed E-state index contributed by atoms with van der Waals surface area (Å²) >= 11 is 0. The molecule has 2 aromatic rings. The van der Waals surface area contributed by atoms with E-state index in [9.17, 15) is 19.5 Å². The number of carbonyl (C=O) groups is 3. The first-order valence-electron chi connectivity index (χ1n) is 10.2. The Hall–Kier alpha value is -3.59. The van der Waals surface area contributed by atoms with Crippen LogP contribution in [-0.4, -0.2) is 54.7 Å². The highest BCUT2D eigenvalue weighted by molar-refractivity contribution is 6.04. The monoisotopic (exact) mass is 441 g/mol. The van der Waals surface area contributed by atoms with E-state index in [0.29, 0.717) is 17.1 Å². The molecule has 9 heteroatoms. The summed E-state index contributed by atoms with van der Waals surface area (Å²) < 4.78 is 10.5. The SMILES string of the molecule is COc1ccc(CN2C(=O)N[C@@H](CCC(=O)N[C@@H](CO)c3ccccc3)C2=O)cc1OC. The number of benzene rings is 2. The van der Waals surface area contributed by atoms with Crippen molar-refractivity contribution in [2.24, 2.45) is 0 Å². The number of ether oxygens (including phenoxy) is 2. The number of aliphatic hydroxyl groups is 1. The number of hydrogen-bond donors (Lipinski definition) is 3. The zero-order chi connectivity index (χ0) is 23.1. The van der Waals surface area contributed by atoms with Gasteiger partial charge in [-0.25, -0.2) is 4.79 Å². The maximum Gasteiger partial charge on any atom is 0.325 e. The van der Waals surface area contributed by atoms with E-state index in [2.05, 4.69) is 10.6 Å². The second-order valence-corrected chi connectivity index (χ2v) is 7.37. The van der Waals surface area contributed by atoms with Crippen LogP contribution in [0.2, 0.25) is 0 Å². The van der Waals surface area contributed by atoms with Crippen molar-refractivity contribution in [3.63, 3.8) is 0 Å². The van der Waals surface area contributed by atoms with E-state index in [4.69, 9.17) is 9.47 Å². The van der Waals surface area contributed by atoms with Crippen LogP contribution in [0.3, 0.4) is 0 Å². The Balaban J connectivity index is 1.56. The summed E-state index contributed by atoms with van der Waals surface area (Å²) in [6.45, 7) is -0.164. The quantitative estimate of drug-likeness (QED) is 0.484. The predicted molar refractivity (Wildman–Crippen MR) is 116 cm³/mol. The fourth-order valence-corrected chi connectivity index (χ4v) is 3.55. The van der Waals surface area contributed by atoms with Crippen molar-refractivity contribution in [1.82, 2.24) is 15.5 Å². The van der Waals surface area contributed by atoms with Crippen LogP contribution in [0.25, 0.3) is 0 Å². The zero-order valence-corrected chi connectivity index (χ0v) is 18.0. The summed E-state index contributed by atoms with van der Waals surface area (Å²) in [5.41, 5.74) is 1.49. The van der Waals surface area contributed by atoms with Gasteiger partial charge in [0.15, 0.2) is 11.5 Å². The lowest BCUT2D eigenvalue weighted by molar-refractivity contribution is -0.128. The summed E-state index contributed by atoms with van der Waals surface area (Å²) in [5, 5.41) is 15.0. The second-order valence-electron chi connectivity index (χ2n) is 7.37. The Kier molecular flexibility index (Phi) is 7.67. The Labute approximate surface area is 186 Å². The number of nitrogens with one attached hydrogen (secondary N) is 2. The predicted octanol–water partition coefficient (Wildman–Crippen LogP) is 1.75. The topological polar surface area (TPSA) is 117 Å². The first-order chi connectivity index (χ1) is 15.5. The molecule has 0 saturated carbocycles. The maximum absolute atomic E-state index is 12.7. The molecule has 3 N–H and O–H groups in total. The molecule has 1 saturated heterocycles. The smallest absolute Gasteiger partial charge is 0.325 e. The molecule has 9 nitrogen and oxygen atoms in total. The number of urea groups is 1. The summed E-state index contributed by atoms with van der Waals surface area (Å²) in [6.07, 6.45) is 0.190. The van der Waals surface area contributed by atoms with Crippen LogP contribution < -0.4 is 20.1 Å². The fraction of sp³-hybridized carbons (Fsp3) is 0.348. The molecule has 1 aliphatic heterocycles. The van der Waals surface area contributed by atoms with Crippen LogP contribution in [0.5, 0.6) is 11.5 Å². The lowest BCUT2D eigenvalue weighted by Gasteiger charge is -2.17. The van der Waals surface area contributed by atoms with Crippen LogP contribution in [0.1, 0.15) is 30.0 Å². The Morgan fingerprint density at radius 2 is 1.84 bits per heavy atom. The van der Waals surface area contributed by atoms with Crippen LogP contribution in [-0.2, 0) is 16.1 Å². The zero-order valence-electron chi connectivity index (χ0n) is 18.0. The lowest BCUT2D eigenvalue weighted by Crippen LogP contribution is -2.34. The van der Waals surface area contributed by atoms with Crippen LogP contribution >= 0.6 is 0 Å². The van der Waals surface area contributed by atoms with Gasteiger partial charge in [0.05, 0.1) is 33.4 Å². The van der Waals surface area contributed by atoms with E-state index in [-0.39, 0.29) is 37.8 Å². The number of amides is 4. The first kappa shape index (κ1) is 23.1. The molecule has 4 amide bonds. The largest absolute Gasteiger partial charge is 0.493 e. The molecule has 0 radical (unpaired) electrons. The Bertz CT molecular complexity index is 965. The van der Waals surface area contributed by atoms with E-state index in [1.165, 1.54) is 14.2 Å². The molecule has 1 fully saturated rings. The Morgan fingerprint density at radius 3 is 2.50 bits per heavy atom. The molecule has 0 aliphatic carbocycles. The van der Waals surface area contributed by atoms with Gasteiger partial charge in [-0.15, -0.1) is 0 Å². The van der Waals surface area contributed by atoms with Gasteiger partial charge in [-0.3, -0.25) is 14.5 Å². The summed E-state index contributed by atoms with van der Waals surface area (Å²) in [6, 6.07) is 12.5. The molecule has 2 aromatic carbocycles. The average molecular weight is 441 g/mol. The Morgan fingerprint density at radius 1 is 1.12 bits per heavy atom. The highest BCUT2D eigenvalue weighted by Crippen LogP contribution is 2.28. The lowest BCUT2D eigenvalue weighted by atomic mass is 10.1. The molecule has 0 unspecified atom stereocenters. The van der Waals surface area contributed by atoms with Crippen molar-refractivity contribution < 1.29 is 29.0 Å². The van der Waals surface area contributed by atoms with Gasteiger partial charge in [0.25, 0.3) is 5.91 Å². The van der Waals surface area contributed by atoms with Gasteiger partial charge in [0.2, 0.25) is 5.91 Å². The van der Waals surface area contributed by atoms with Crippen LogP contribution in [0.15, 0.2) is 48.5 Å². The molecule has 0 bridgehead atoms. The molecule has 170 valence electrons. The number of imide groups is 1. The van der Waals surface area contributed by atoms with E-state index in [1.54, 1.807) is 18.2 Å². The molecule has 2 atom stereocenters. The molecule has 3 rings (SSSR count). The summed E-state index contributed by atoms with van der Waals surface area (Å²) in [4.78, 5) is 38.5. The van der Waals surface area contributed by atoms with E-state index in [0.717, 1.165) is 10.5 Å². The van der Waals surface area contributed by atoms with Crippen LogP contribution in [0.4, 0.5) is 4.79 Å². The molecule has 0 spiro atoms. The molecular weight excluding hydrogens is 414 g/mol. The standard InChI is InChI=1S/C23H27N3O6/c1-31-19-10-8-15(12-20(19)32-2)13-26-22(29)17(25-23(26)30)9-11-21(28)24-18(14-27)16-6-4-3-5-7-16/h3-8,10,12,17-18,27H,9,11,13-14H2,1-2H3,(H,24,28)(H,25,30)/t17-,18-/m0/s1. The fourth-order valence-electron chi connectivity index (χ4n) is 3.55. The molecule has 0 aromatic heterocycles.